The molecule has 2 unspecified atom stereocenters. The van der Waals surface area contributed by atoms with E-state index in [0.717, 1.165) is 0 Å². The van der Waals surface area contributed by atoms with Crippen molar-refractivity contribution in [3.63, 3.8) is 0 Å². The summed E-state index contributed by atoms with van der Waals surface area (Å²) >= 11 is 5.18. The molecule has 1 N–H and O–H groups in total. The Bertz CT molecular complexity index is 49.0. The van der Waals surface area contributed by atoms with Crippen LogP contribution in [0.25, 0.3) is 0 Å². The monoisotopic (exact) mass is 126 g/mol. The van der Waals surface area contributed by atoms with Crippen molar-refractivity contribution >= 4 is 11.6 Å². The second-order valence-electron chi connectivity index (χ2n) is 1.38. The Kier molecular flexibility index (Phi) is 3.30. The third-order valence-electron chi connectivity index (χ3n) is 0.673. The van der Waals surface area contributed by atoms with E-state index < -0.39 is 11.5 Å². The highest BCUT2D eigenvalue weighted by Crippen LogP contribution is 2.03. The number of alkyl halides is 2. The maximum Gasteiger partial charge on any atom is 0.116 e. The Balaban J connectivity index is 3.14. The molecule has 0 rings (SSSR count). The Morgan fingerprint density at radius 2 is 2.29 bits per heavy atom. The molecule has 0 aromatic carbocycles. The van der Waals surface area contributed by atoms with E-state index in [2.05, 4.69) is 0 Å². The van der Waals surface area contributed by atoms with Crippen LogP contribution in [-0.4, -0.2) is 23.3 Å². The number of halogens is 2. The van der Waals surface area contributed by atoms with Gasteiger partial charge in [-0.15, -0.1) is 11.6 Å². The lowest BCUT2D eigenvalue weighted by molar-refractivity contribution is 0.236. The molecule has 0 heterocycles. The molecule has 2 atom stereocenters. The lowest BCUT2D eigenvalue weighted by Gasteiger charge is -2.03. The van der Waals surface area contributed by atoms with Crippen LogP contribution in [0.15, 0.2) is 0 Å². The zero-order valence-corrected chi connectivity index (χ0v) is 4.82. The maximum absolute atomic E-state index is 11.8. The quantitative estimate of drug-likeness (QED) is 0.546. The van der Waals surface area contributed by atoms with Gasteiger partial charge in [-0.3, -0.25) is 0 Å². The van der Waals surface area contributed by atoms with Gasteiger partial charge >= 0.3 is 0 Å². The van der Waals surface area contributed by atoms with Gasteiger partial charge in [0.25, 0.3) is 0 Å². The van der Waals surface area contributed by atoms with Gasteiger partial charge in [0.1, 0.15) is 6.17 Å². The van der Waals surface area contributed by atoms with Gasteiger partial charge < -0.3 is 5.11 Å². The Hall–Kier alpha value is 0.180. The largest absolute Gasteiger partial charge is 0.395 e. The van der Waals surface area contributed by atoms with Crippen molar-refractivity contribution in [2.45, 2.75) is 18.5 Å². The summed E-state index contributed by atoms with van der Waals surface area (Å²) in [7, 11) is 0. The normalized spacial score (nSPS) is 18.9. The van der Waals surface area contributed by atoms with Crippen LogP contribution in [-0.2, 0) is 0 Å². The summed E-state index contributed by atoms with van der Waals surface area (Å²) in [5.41, 5.74) is 0. The first-order chi connectivity index (χ1) is 3.18. The molecule has 0 saturated carbocycles. The fourth-order valence-electron chi connectivity index (χ4n) is 0.145. The highest BCUT2D eigenvalue weighted by Gasteiger charge is 2.09. The van der Waals surface area contributed by atoms with E-state index in [-0.39, 0.29) is 6.61 Å². The fourth-order valence-corrected chi connectivity index (χ4v) is 0.145. The van der Waals surface area contributed by atoms with E-state index >= 15 is 0 Å². The minimum atomic E-state index is -1.12. The van der Waals surface area contributed by atoms with Gasteiger partial charge in [-0.25, -0.2) is 4.39 Å². The summed E-state index contributed by atoms with van der Waals surface area (Å²) in [6, 6.07) is 0. The predicted octanol–water partition coefficient (Wildman–Crippen LogP) is 0.944. The summed E-state index contributed by atoms with van der Waals surface area (Å²) in [6.45, 7) is 1.02. The van der Waals surface area contributed by atoms with Crippen LogP contribution in [0.5, 0.6) is 0 Å². The SMILES string of the molecule is CC(F)C(Cl)CO. The van der Waals surface area contributed by atoms with Crippen molar-refractivity contribution in [3.8, 4) is 0 Å². The Labute approximate surface area is 47.1 Å². The highest BCUT2D eigenvalue weighted by atomic mass is 35.5. The molecule has 44 valence electrons. The number of hydrogen-bond acceptors (Lipinski definition) is 1. The molecule has 0 aliphatic carbocycles. The molecule has 0 fully saturated rings. The van der Waals surface area contributed by atoms with Crippen LogP contribution < -0.4 is 0 Å². The molecule has 0 aromatic heterocycles. The summed E-state index contributed by atoms with van der Waals surface area (Å²) in [4.78, 5) is 0. The lowest BCUT2D eigenvalue weighted by Crippen LogP contribution is -2.15. The van der Waals surface area contributed by atoms with Crippen LogP contribution in [0, 0.1) is 0 Å². The molecule has 0 bridgehead atoms. The zero-order chi connectivity index (χ0) is 5.86. The first-order valence-corrected chi connectivity index (χ1v) is 2.51. The molecule has 0 aliphatic heterocycles. The molecular formula is C4H8ClFO. The standard InChI is InChI=1S/C4H8ClFO/c1-3(6)4(5)2-7/h3-4,7H,2H2,1H3. The van der Waals surface area contributed by atoms with Gasteiger partial charge in [0.05, 0.1) is 12.0 Å². The molecule has 0 saturated heterocycles. The first-order valence-electron chi connectivity index (χ1n) is 2.07. The predicted molar refractivity (Wildman–Crippen MR) is 27.3 cm³/mol. The van der Waals surface area contributed by atoms with Crippen molar-refractivity contribution in [2.24, 2.45) is 0 Å². The van der Waals surface area contributed by atoms with Crippen molar-refractivity contribution in [3.05, 3.63) is 0 Å². The van der Waals surface area contributed by atoms with Crippen LogP contribution in [0.4, 0.5) is 4.39 Å². The van der Waals surface area contributed by atoms with E-state index in [0.29, 0.717) is 0 Å². The summed E-state index contributed by atoms with van der Waals surface area (Å²) in [5.74, 6) is 0. The minimum absolute atomic E-state index is 0.292. The average Bonchev–Trinajstić information content (AvgIpc) is 1.65. The molecule has 1 nitrogen and oxygen atoms in total. The second kappa shape index (κ2) is 3.22. The van der Waals surface area contributed by atoms with E-state index in [9.17, 15) is 4.39 Å². The minimum Gasteiger partial charge on any atom is -0.395 e. The zero-order valence-electron chi connectivity index (χ0n) is 4.06. The van der Waals surface area contributed by atoms with Gasteiger partial charge in [-0.1, -0.05) is 0 Å². The smallest absolute Gasteiger partial charge is 0.116 e. The number of aliphatic hydroxyl groups is 1. The van der Waals surface area contributed by atoms with Crippen LogP contribution in [0.3, 0.4) is 0 Å². The van der Waals surface area contributed by atoms with Gasteiger partial charge in [0, 0.05) is 0 Å². The van der Waals surface area contributed by atoms with Gasteiger partial charge in [0.15, 0.2) is 0 Å². The average molecular weight is 127 g/mol. The molecule has 0 aromatic rings. The van der Waals surface area contributed by atoms with Gasteiger partial charge in [-0.2, -0.15) is 0 Å². The van der Waals surface area contributed by atoms with Crippen molar-refractivity contribution < 1.29 is 9.50 Å². The summed E-state index contributed by atoms with van der Waals surface area (Å²) < 4.78 is 11.8. The first kappa shape index (κ1) is 7.18. The van der Waals surface area contributed by atoms with Crippen LogP contribution in [0.2, 0.25) is 0 Å². The molecule has 0 aliphatic rings. The van der Waals surface area contributed by atoms with Gasteiger partial charge in [0.2, 0.25) is 0 Å². The lowest BCUT2D eigenvalue weighted by atomic mass is 10.3. The van der Waals surface area contributed by atoms with E-state index in [4.69, 9.17) is 16.7 Å². The number of hydrogen-bond donors (Lipinski definition) is 1. The Morgan fingerprint density at radius 1 is 1.86 bits per heavy atom. The number of rotatable bonds is 2. The molecule has 7 heavy (non-hydrogen) atoms. The molecule has 0 spiro atoms. The van der Waals surface area contributed by atoms with Crippen molar-refractivity contribution in [1.29, 1.82) is 0 Å². The van der Waals surface area contributed by atoms with E-state index in [1.54, 1.807) is 0 Å². The topological polar surface area (TPSA) is 20.2 Å². The van der Waals surface area contributed by atoms with E-state index in [1.807, 2.05) is 0 Å². The summed E-state index contributed by atoms with van der Waals surface area (Å²) in [5, 5.41) is 7.40. The fraction of sp³-hybridized carbons (Fsp3) is 1.00. The van der Waals surface area contributed by atoms with Gasteiger partial charge in [-0.05, 0) is 6.92 Å². The third-order valence-corrected chi connectivity index (χ3v) is 1.16. The van der Waals surface area contributed by atoms with Crippen LogP contribution in [0.1, 0.15) is 6.92 Å². The number of aliphatic hydroxyl groups excluding tert-OH is 1. The Morgan fingerprint density at radius 3 is 2.29 bits per heavy atom. The maximum atomic E-state index is 11.8. The van der Waals surface area contributed by atoms with E-state index in [1.165, 1.54) is 6.92 Å². The molecule has 0 radical (unpaired) electrons. The molecule has 3 heteroatoms. The second-order valence-corrected chi connectivity index (χ2v) is 1.94. The molecule has 0 amide bonds. The summed E-state index contributed by atoms with van der Waals surface area (Å²) in [6.07, 6.45) is -1.12. The highest BCUT2D eigenvalue weighted by molar-refractivity contribution is 6.21. The molecular weight excluding hydrogens is 118 g/mol. The van der Waals surface area contributed by atoms with Crippen molar-refractivity contribution in [2.75, 3.05) is 6.61 Å². The third kappa shape index (κ3) is 2.83. The van der Waals surface area contributed by atoms with Crippen molar-refractivity contribution in [1.82, 2.24) is 0 Å². The van der Waals surface area contributed by atoms with Crippen LogP contribution >= 0.6 is 11.6 Å².